The summed E-state index contributed by atoms with van der Waals surface area (Å²) in [6.07, 6.45) is 11.8. The van der Waals surface area contributed by atoms with E-state index in [0.717, 1.165) is 36.2 Å². The second kappa shape index (κ2) is 9.80. The van der Waals surface area contributed by atoms with E-state index in [0.29, 0.717) is 25.2 Å². The molecule has 28 heavy (non-hydrogen) atoms. The van der Waals surface area contributed by atoms with Crippen LogP contribution in [-0.4, -0.2) is 71.6 Å². The highest BCUT2D eigenvalue weighted by Crippen LogP contribution is 2.38. The van der Waals surface area contributed by atoms with Crippen LogP contribution in [0, 0.1) is 0 Å². The minimum absolute atomic E-state index is 0.367. The smallest absolute Gasteiger partial charge is 0.142 e. The molecule has 7 nitrogen and oxygen atoms in total. The number of aldehydes is 1. The van der Waals surface area contributed by atoms with E-state index in [4.69, 9.17) is 4.74 Å². The zero-order chi connectivity index (χ0) is 19.8. The lowest BCUT2D eigenvalue weighted by molar-refractivity contribution is -0.108. The van der Waals surface area contributed by atoms with Gasteiger partial charge in [-0.25, -0.2) is 9.97 Å². The first-order valence-electron chi connectivity index (χ1n) is 10.1. The van der Waals surface area contributed by atoms with Crippen LogP contribution in [0.5, 0.6) is 0 Å². The maximum absolute atomic E-state index is 9.66. The van der Waals surface area contributed by atoms with Gasteiger partial charge < -0.3 is 19.4 Å². The average molecular weight is 386 g/mol. The number of carbonyl (C=O) groups is 1. The highest BCUT2D eigenvalue weighted by molar-refractivity contribution is 5.87. The number of aromatic nitrogens is 3. The summed E-state index contributed by atoms with van der Waals surface area (Å²) in [4.78, 5) is 26.7. The number of hydrogen-bond donors (Lipinski definition) is 1. The Hall–Kier alpha value is -2.25. The molecule has 0 saturated carbocycles. The number of H-pyrrole nitrogens is 1. The molecule has 0 bridgehead atoms. The zero-order valence-corrected chi connectivity index (χ0v) is 16.8. The van der Waals surface area contributed by atoms with Gasteiger partial charge in [0.05, 0.1) is 18.6 Å². The predicted octanol–water partition coefficient (Wildman–Crippen LogP) is 2.80. The van der Waals surface area contributed by atoms with E-state index < -0.39 is 0 Å². The van der Waals surface area contributed by atoms with Gasteiger partial charge in [0.15, 0.2) is 0 Å². The summed E-state index contributed by atoms with van der Waals surface area (Å²) in [6.45, 7) is 7.93. The lowest BCUT2D eigenvalue weighted by Gasteiger charge is -2.45. The largest absolute Gasteiger partial charge is 0.377 e. The first-order valence-corrected chi connectivity index (χ1v) is 10.1. The highest BCUT2D eigenvalue weighted by atomic mass is 16.5. The number of piperidine rings is 1. The van der Waals surface area contributed by atoms with Crippen LogP contribution in [0.3, 0.4) is 0 Å². The zero-order valence-electron chi connectivity index (χ0n) is 16.8. The molecule has 7 heteroatoms. The Kier molecular flexibility index (Phi) is 7.17. The van der Waals surface area contributed by atoms with Crippen molar-refractivity contribution in [2.24, 2.45) is 0 Å². The van der Waals surface area contributed by atoms with Gasteiger partial charge in [-0.2, -0.15) is 0 Å². The summed E-state index contributed by atoms with van der Waals surface area (Å²) >= 11 is 0. The Morgan fingerprint density at radius 1 is 1.32 bits per heavy atom. The van der Waals surface area contributed by atoms with Crippen LogP contribution in [0.15, 0.2) is 31.2 Å². The molecule has 2 aromatic heterocycles. The first-order chi connectivity index (χ1) is 13.7. The van der Waals surface area contributed by atoms with Crippen molar-refractivity contribution < 1.29 is 9.53 Å². The Labute approximate surface area is 166 Å². The van der Waals surface area contributed by atoms with Gasteiger partial charge >= 0.3 is 0 Å². The predicted molar refractivity (Wildman–Crippen MR) is 112 cm³/mol. The molecule has 0 aromatic carbocycles. The molecule has 2 fully saturated rings. The molecule has 1 atom stereocenters. The number of hydrogen-bond acceptors (Lipinski definition) is 6. The van der Waals surface area contributed by atoms with E-state index >= 15 is 0 Å². The van der Waals surface area contributed by atoms with Crippen LogP contribution < -0.4 is 4.90 Å². The van der Waals surface area contributed by atoms with Crippen LogP contribution in [-0.2, 0) is 9.53 Å². The molecule has 4 rings (SSSR count). The van der Waals surface area contributed by atoms with E-state index in [2.05, 4.69) is 44.4 Å². The van der Waals surface area contributed by atoms with E-state index in [1.165, 1.54) is 32.2 Å². The lowest BCUT2D eigenvalue weighted by atomic mass is 9.86. The van der Waals surface area contributed by atoms with Gasteiger partial charge in [-0.15, -0.1) is 6.58 Å². The molecule has 0 amide bonds. The summed E-state index contributed by atoms with van der Waals surface area (Å²) in [5.74, 6) is 1.09. The molecule has 2 aromatic rings. The number of rotatable bonds is 6. The van der Waals surface area contributed by atoms with Gasteiger partial charge in [0, 0.05) is 31.2 Å². The minimum atomic E-state index is 0.367. The van der Waals surface area contributed by atoms with Crippen molar-refractivity contribution in [3.63, 3.8) is 0 Å². The summed E-state index contributed by atoms with van der Waals surface area (Å²) in [7, 11) is 2.28. The van der Waals surface area contributed by atoms with E-state index in [1.807, 2.05) is 6.20 Å². The number of aromatic amines is 1. The van der Waals surface area contributed by atoms with Crippen molar-refractivity contribution in [2.45, 2.75) is 37.6 Å². The minimum Gasteiger partial charge on any atom is -0.377 e. The highest BCUT2D eigenvalue weighted by Gasteiger charge is 2.42. The van der Waals surface area contributed by atoms with E-state index in [9.17, 15) is 4.79 Å². The molecule has 2 aliphatic heterocycles. The number of anilines is 1. The van der Waals surface area contributed by atoms with Gasteiger partial charge in [0.25, 0.3) is 0 Å². The molecule has 1 spiro atoms. The van der Waals surface area contributed by atoms with Gasteiger partial charge in [0.1, 0.15) is 24.1 Å². The SMILES string of the molecule is C=CCOCCC=O.CN1CCCC12CCCN(c1ncnc3[nH]ccc13)C2. The molecule has 1 N–H and O–H groups in total. The summed E-state index contributed by atoms with van der Waals surface area (Å²) in [6, 6.07) is 2.09. The Balaban J connectivity index is 0.000000242. The second-order valence-corrected chi connectivity index (χ2v) is 7.53. The van der Waals surface area contributed by atoms with Gasteiger partial charge in [-0.1, -0.05) is 6.08 Å². The number of ether oxygens (including phenoxy) is 1. The number of fused-ring (bicyclic) bond motifs is 1. The Morgan fingerprint density at radius 2 is 2.14 bits per heavy atom. The van der Waals surface area contributed by atoms with Crippen molar-refractivity contribution in [3.05, 3.63) is 31.2 Å². The van der Waals surface area contributed by atoms with Crippen molar-refractivity contribution >= 4 is 23.1 Å². The number of likely N-dealkylation sites (tertiary alicyclic amines) is 1. The maximum Gasteiger partial charge on any atom is 0.142 e. The average Bonchev–Trinajstić information content (AvgIpc) is 3.33. The molecule has 2 saturated heterocycles. The number of nitrogens with one attached hydrogen (secondary N) is 1. The molecular weight excluding hydrogens is 354 g/mol. The van der Waals surface area contributed by atoms with E-state index in [1.54, 1.807) is 12.4 Å². The fourth-order valence-electron chi connectivity index (χ4n) is 4.29. The molecule has 152 valence electrons. The molecule has 4 heterocycles. The van der Waals surface area contributed by atoms with Crippen molar-refractivity contribution in [3.8, 4) is 0 Å². The third kappa shape index (κ3) is 4.59. The quantitative estimate of drug-likeness (QED) is 0.468. The van der Waals surface area contributed by atoms with E-state index in [-0.39, 0.29) is 0 Å². The standard InChI is InChI=1S/C15H21N5.C6H10O2/c1-19-8-2-5-15(19)6-3-9-20(10-15)14-12-4-7-16-13(12)17-11-18-14;1-2-5-8-6-3-4-7/h4,7,11H,2-3,5-6,8-10H2,1H3,(H,16,17,18);2,4H,1,3,5-6H2. The van der Waals surface area contributed by atoms with Crippen LogP contribution in [0.1, 0.15) is 32.1 Å². The van der Waals surface area contributed by atoms with Crippen LogP contribution in [0.25, 0.3) is 11.0 Å². The maximum atomic E-state index is 9.66. The second-order valence-electron chi connectivity index (χ2n) is 7.53. The Morgan fingerprint density at radius 3 is 2.89 bits per heavy atom. The number of likely N-dealkylation sites (N-methyl/N-ethyl adjacent to an activating group) is 1. The first kappa shape index (κ1) is 20.5. The molecule has 1 unspecified atom stereocenters. The molecule has 0 radical (unpaired) electrons. The van der Waals surface area contributed by atoms with Crippen molar-refractivity contribution in [1.82, 2.24) is 19.9 Å². The monoisotopic (exact) mass is 385 g/mol. The number of carbonyl (C=O) groups excluding carboxylic acids is 1. The molecule has 2 aliphatic rings. The number of nitrogens with zero attached hydrogens (tertiary/aromatic N) is 4. The van der Waals surface area contributed by atoms with Crippen molar-refractivity contribution in [1.29, 1.82) is 0 Å². The summed E-state index contributed by atoms with van der Waals surface area (Å²) in [5.41, 5.74) is 1.31. The normalized spacial score (nSPS) is 22.2. The summed E-state index contributed by atoms with van der Waals surface area (Å²) in [5, 5.41) is 1.14. The van der Waals surface area contributed by atoms with Crippen LogP contribution >= 0.6 is 0 Å². The summed E-state index contributed by atoms with van der Waals surface area (Å²) < 4.78 is 4.87. The third-order valence-corrected chi connectivity index (χ3v) is 5.75. The topological polar surface area (TPSA) is 74.3 Å². The molecular formula is C21H31N5O2. The lowest BCUT2D eigenvalue weighted by Crippen LogP contribution is -2.54. The Bertz CT molecular complexity index is 767. The van der Waals surface area contributed by atoms with Gasteiger partial charge in [-0.05, 0) is 45.3 Å². The van der Waals surface area contributed by atoms with Crippen molar-refractivity contribution in [2.75, 3.05) is 44.8 Å². The third-order valence-electron chi connectivity index (χ3n) is 5.75. The fourth-order valence-corrected chi connectivity index (χ4v) is 4.29. The van der Waals surface area contributed by atoms with Crippen LogP contribution in [0.2, 0.25) is 0 Å². The molecule has 0 aliphatic carbocycles. The fraction of sp³-hybridized carbons (Fsp3) is 0.571. The van der Waals surface area contributed by atoms with Gasteiger partial charge in [-0.3, -0.25) is 4.90 Å². The van der Waals surface area contributed by atoms with Gasteiger partial charge in [0.2, 0.25) is 0 Å². The van der Waals surface area contributed by atoms with Crippen LogP contribution in [0.4, 0.5) is 5.82 Å².